The number of hydrogen-bond donors (Lipinski definition) is 7. The van der Waals surface area contributed by atoms with E-state index >= 15 is 0 Å². The lowest BCUT2D eigenvalue weighted by Crippen LogP contribution is -2.60. The van der Waals surface area contributed by atoms with E-state index < -0.39 is 60.0 Å². The highest BCUT2D eigenvalue weighted by atomic mass is 16.7. The molecule has 5 rings (SSSR count). The lowest BCUT2D eigenvalue weighted by Gasteiger charge is -2.39. The largest absolute Gasteiger partial charge is 0.508 e. The molecule has 1 saturated heterocycles. The Bertz CT molecular complexity index is 1720. The van der Waals surface area contributed by atoms with Crippen LogP contribution in [0.1, 0.15) is 57.6 Å². The maximum atomic E-state index is 13.9. The fourth-order valence-corrected chi connectivity index (χ4v) is 5.86. The first-order chi connectivity index (χ1) is 22.1. The van der Waals surface area contributed by atoms with Crippen LogP contribution in [0.5, 0.6) is 28.7 Å². The maximum absolute atomic E-state index is 13.9. The summed E-state index contributed by atoms with van der Waals surface area (Å²) in [6.45, 7) is 1.43. The third-order valence-corrected chi connectivity index (χ3v) is 8.30. The number of phenolic OH excluding ortho intramolecular Hbond substituents is 3. The summed E-state index contributed by atoms with van der Waals surface area (Å²) in [5, 5.41) is 72.2. The number of unbranched alkanes of at least 4 members (excludes halogenated alkanes) is 6. The van der Waals surface area contributed by atoms with Gasteiger partial charge in [-0.05, 0) is 18.6 Å². The number of hydrogen-bond acceptors (Lipinski definition) is 13. The number of benzene rings is 2. The molecule has 7 N–H and O–H groups in total. The molecule has 4 aromatic rings. The van der Waals surface area contributed by atoms with Crippen LogP contribution in [0.2, 0.25) is 0 Å². The van der Waals surface area contributed by atoms with Crippen molar-refractivity contribution >= 4 is 21.9 Å². The molecule has 0 unspecified atom stereocenters. The van der Waals surface area contributed by atoms with Gasteiger partial charge in [-0.1, -0.05) is 45.4 Å². The Balaban J connectivity index is 1.63. The number of aryl methyl sites for hydroxylation is 1. The van der Waals surface area contributed by atoms with Crippen molar-refractivity contribution in [3.63, 3.8) is 0 Å². The number of methoxy groups -OCH3 is 1. The minimum absolute atomic E-state index is 0.0487. The molecule has 13 nitrogen and oxygen atoms in total. The zero-order valence-electron chi connectivity index (χ0n) is 25.6. The Labute approximate surface area is 263 Å². The van der Waals surface area contributed by atoms with E-state index in [0.29, 0.717) is 12.2 Å². The molecule has 0 aliphatic carbocycles. The normalized spacial score (nSPS) is 21.7. The van der Waals surface area contributed by atoms with Gasteiger partial charge in [0.25, 0.3) is 0 Å². The molecule has 1 fully saturated rings. The summed E-state index contributed by atoms with van der Waals surface area (Å²) in [5.41, 5.74) is -0.948. The quantitative estimate of drug-likeness (QED) is 0.103. The van der Waals surface area contributed by atoms with Crippen molar-refractivity contribution in [3.8, 4) is 40.1 Å². The summed E-state index contributed by atoms with van der Waals surface area (Å²) < 4.78 is 29.2. The number of aliphatic hydroxyl groups excluding tert-OH is 4. The van der Waals surface area contributed by atoms with Gasteiger partial charge in [0.05, 0.1) is 19.1 Å². The third kappa shape index (κ3) is 6.33. The van der Waals surface area contributed by atoms with Crippen LogP contribution < -0.4 is 14.9 Å². The summed E-state index contributed by atoms with van der Waals surface area (Å²) in [6.07, 6.45) is -0.451. The topological polar surface area (TPSA) is 213 Å². The molecule has 5 atom stereocenters. The van der Waals surface area contributed by atoms with Crippen LogP contribution >= 0.6 is 0 Å². The summed E-state index contributed by atoms with van der Waals surface area (Å²) in [6, 6.07) is 4.80. The molecule has 1 aliphatic heterocycles. The van der Waals surface area contributed by atoms with Crippen molar-refractivity contribution in [3.05, 3.63) is 40.2 Å². The molecule has 3 heterocycles. The van der Waals surface area contributed by atoms with Gasteiger partial charge < -0.3 is 58.8 Å². The van der Waals surface area contributed by atoms with Crippen LogP contribution in [0, 0.1) is 0 Å². The van der Waals surface area contributed by atoms with Crippen LogP contribution in [0.3, 0.4) is 0 Å². The first-order valence-electron chi connectivity index (χ1n) is 15.4. The standard InChI is InChI=1S/C33H40O13/c1-3-4-5-6-7-8-9-10-20-31(42-2)23-17(11-12-18(36)30(23)43-20)29-32(26(39)24-19(37)13-16(35)14-21(24)44-29)46-33-28(41)27(40)25(38)22(15-34)45-33/h11-14,22,25,27-28,33-38,40-41H,3-10,15H2,1-2H3/t22-,25+,27+,28-,33+/m1/s1. The predicted molar refractivity (Wildman–Crippen MR) is 165 cm³/mol. The molecule has 13 heteroatoms. The molecule has 0 spiro atoms. The van der Waals surface area contributed by atoms with Gasteiger partial charge in [0, 0.05) is 24.1 Å². The van der Waals surface area contributed by atoms with Gasteiger partial charge in [-0.2, -0.15) is 0 Å². The number of rotatable bonds is 13. The van der Waals surface area contributed by atoms with Crippen LogP contribution in [-0.2, 0) is 11.2 Å². The third-order valence-electron chi connectivity index (χ3n) is 8.30. The van der Waals surface area contributed by atoms with E-state index in [2.05, 4.69) is 6.92 Å². The van der Waals surface area contributed by atoms with Crippen molar-refractivity contribution in [2.45, 2.75) is 89.0 Å². The fourth-order valence-electron chi connectivity index (χ4n) is 5.86. The zero-order chi connectivity index (χ0) is 33.1. The molecular weight excluding hydrogens is 604 g/mol. The summed E-state index contributed by atoms with van der Waals surface area (Å²) in [4.78, 5) is 13.9. The van der Waals surface area contributed by atoms with Crippen LogP contribution in [-0.4, -0.2) is 80.2 Å². The van der Waals surface area contributed by atoms with Crippen LogP contribution in [0.25, 0.3) is 33.3 Å². The van der Waals surface area contributed by atoms with Crippen molar-refractivity contribution in [1.29, 1.82) is 0 Å². The van der Waals surface area contributed by atoms with Gasteiger partial charge in [-0.25, -0.2) is 0 Å². The van der Waals surface area contributed by atoms with Gasteiger partial charge in [-0.3, -0.25) is 4.79 Å². The highest BCUT2D eigenvalue weighted by Gasteiger charge is 2.45. The number of aliphatic hydroxyl groups is 4. The first-order valence-corrected chi connectivity index (χ1v) is 15.4. The summed E-state index contributed by atoms with van der Waals surface area (Å²) >= 11 is 0. The molecule has 0 bridgehead atoms. The Morgan fingerprint density at radius 1 is 0.826 bits per heavy atom. The molecule has 0 saturated carbocycles. The Morgan fingerprint density at radius 3 is 2.24 bits per heavy atom. The van der Waals surface area contributed by atoms with Crippen LogP contribution in [0.15, 0.2) is 37.9 Å². The Kier molecular flexibility index (Phi) is 10.3. The van der Waals surface area contributed by atoms with Gasteiger partial charge >= 0.3 is 0 Å². The Hall–Kier alpha value is -4.01. The number of fused-ring (bicyclic) bond motifs is 2. The van der Waals surface area contributed by atoms with Gasteiger partial charge in [0.2, 0.25) is 17.5 Å². The number of aromatic hydroxyl groups is 3. The molecule has 0 radical (unpaired) electrons. The molecular formula is C33H40O13. The van der Waals surface area contributed by atoms with E-state index in [4.69, 9.17) is 23.0 Å². The minimum Gasteiger partial charge on any atom is -0.508 e. The summed E-state index contributed by atoms with van der Waals surface area (Å²) in [7, 11) is 1.43. The van der Waals surface area contributed by atoms with Crippen molar-refractivity contribution in [1.82, 2.24) is 0 Å². The van der Waals surface area contributed by atoms with Gasteiger partial charge in [0.15, 0.2) is 22.8 Å². The number of phenols is 3. The van der Waals surface area contributed by atoms with Crippen molar-refractivity contribution in [2.75, 3.05) is 13.7 Å². The maximum Gasteiger partial charge on any atom is 0.239 e. The SMILES string of the molecule is CCCCCCCCCc1oc2c(O)ccc(-c3oc4cc(O)cc(O)c4c(=O)c3O[C@@H]3O[C@H](CO)[C@H](O)[C@H](O)[C@H]3O)c2c1OC. The first kappa shape index (κ1) is 33.4. The van der Waals surface area contributed by atoms with E-state index in [1.165, 1.54) is 32.1 Å². The highest BCUT2D eigenvalue weighted by molar-refractivity contribution is 6.03. The van der Waals surface area contributed by atoms with E-state index in [9.17, 15) is 40.5 Å². The van der Waals surface area contributed by atoms with E-state index in [1.54, 1.807) is 0 Å². The lowest BCUT2D eigenvalue weighted by atomic mass is 9.99. The molecule has 46 heavy (non-hydrogen) atoms. The molecule has 2 aromatic heterocycles. The zero-order valence-corrected chi connectivity index (χ0v) is 25.6. The second-order valence-electron chi connectivity index (χ2n) is 11.5. The lowest BCUT2D eigenvalue weighted by molar-refractivity contribution is -0.277. The highest BCUT2D eigenvalue weighted by Crippen LogP contribution is 2.47. The number of furan rings is 1. The molecule has 250 valence electrons. The van der Waals surface area contributed by atoms with E-state index in [0.717, 1.165) is 44.2 Å². The van der Waals surface area contributed by atoms with E-state index in [1.807, 2.05) is 0 Å². The van der Waals surface area contributed by atoms with E-state index in [-0.39, 0.29) is 44.8 Å². The minimum atomic E-state index is -1.87. The van der Waals surface area contributed by atoms with Gasteiger partial charge in [-0.15, -0.1) is 0 Å². The number of ether oxygens (including phenoxy) is 3. The van der Waals surface area contributed by atoms with Crippen molar-refractivity contribution in [2.24, 2.45) is 0 Å². The Morgan fingerprint density at radius 2 is 1.54 bits per heavy atom. The molecule has 0 amide bonds. The average molecular weight is 645 g/mol. The predicted octanol–water partition coefficient (Wildman–Crippen LogP) is 3.80. The molecule has 1 aliphatic rings. The van der Waals surface area contributed by atoms with Crippen molar-refractivity contribution < 1.29 is 58.8 Å². The smallest absolute Gasteiger partial charge is 0.239 e. The average Bonchev–Trinajstić information content (AvgIpc) is 3.41. The van der Waals surface area contributed by atoms with Crippen LogP contribution in [0.4, 0.5) is 0 Å². The molecule has 2 aromatic carbocycles. The van der Waals surface area contributed by atoms with Gasteiger partial charge in [0.1, 0.15) is 52.6 Å². The fraction of sp³-hybridized carbons (Fsp3) is 0.485. The second kappa shape index (κ2) is 14.2. The monoisotopic (exact) mass is 644 g/mol. The summed E-state index contributed by atoms with van der Waals surface area (Å²) in [5.74, 6) is -1.33. The second-order valence-corrected chi connectivity index (χ2v) is 11.5.